The van der Waals surface area contributed by atoms with Crippen molar-refractivity contribution in [3.05, 3.63) is 63.7 Å². The van der Waals surface area contributed by atoms with E-state index in [1.807, 2.05) is 0 Å². The van der Waals surface area contributed by atoms with Crippen LogP contribution in [0, 0.1) is 28.7 Å². The lowest BCUT2D eigenvalue weighted by molar-refractivity contribution is -0.387. The summed E-state index contributed by atoms with van der Waals surface area (Å²) < 4.78 is 26.3. The van der Waals surface area contributed by atoms with Crippen LogP contribution in [0.25, 0.3) is 0 Å². The van der Waals surface area contributed by atoms with Gasteiger partial charge in [-0.1, -0.05) is 6.07 Å². The maximum atomic E-state index is 13.2. The van der Waals surface area contributed by atoms with Gasteiger partial charge in [0.05, 0.1) is 11.5 Å². The smallest absolute Gasteiger partial charge is 0.306 e. The lowest BCUT2D eigenvalue weighted by atomic mass is 10.2. The SMILES string of the molecule is Cc1ccc(F)cc1NC(=O)CNc1ccc(F)c([N+](=O)[O-])c1. The van der Waals surface area contributed by atoms with Crippen molar-refractivity contribution in [2.24, 2.45) is 0 Å². The second-order valence-corrected chi connectivity index (χ2v) is 4.78. The number of amides is 1. The first-order chi connectivity index (χ1) is 10.9. The van der Waals surface area contributed by atoms with Gasteiger partial charge in [-0.2, -0.15) is 4.39 Å². The quantitative estimate of drug-likeness (QED) is 0.654. The van der Waals surface area contributed by atoms with Crippen LogP contribution in [0.3, 0.4) is 0 Å². The molecular weight excluding hydrogens is 308 g/mol. The number of rotatable bonds is 5. The Hall–Kier alpha value is -3.03. The van der Waals surface area contributed by atoms with Gasteiger partial charge in [0.25, 0.3) is 0 Å². The molecule has 0 aliphatic carbocycles. The van der Waals surface area contributed by atoms with Crippen LogP contribution in [-0.4, -0.2) is 17.4 Å². The van der Waals surface area contributed by atoms with Crippen molar-refractivity contribution in [2.75, 3.05) is 17.2 Å². The summed E-state index contributed by atoms with van der Waals surface area (Å²) in [5, 5.41) is 15.8. The molecule has 0 radical (unpaired) electrons. The van der Waals surface area contributed by atoms with Crippen LogP contribution >= 0.6 is 0 Å². The molecule has 0 unspecified atom stereocenters. The Bertz CT molecular complexity index is 766. The molecular formula is C15H13F2N3O3. The summed E-state index contributed by atoms with van der Waals surface area (Å²) in [5.41, 5.74) is 0.569. The van der Waals surface area contributed by atoms with Gasteiger partial charge in [-0.15, -0.1) is 0 Å². The molecule has 0 saturated carbocycles. The Morgan fingerprint density at radius 3 is 2.65 bits per heavy atom. The van der Waals surface area contributed by atoms with Crippen LogP contribution in [0.2, 0.25) is 0 Å². The molecule has 0 saturated heterocycles. The van der Waals surface area contributed by atoms with Gasteiger partial charge in [0, 0.05) is 17.4 Å². The third kappa shape index (κ3) is 4.22. The van der Waals surface area contributed by atoms with Crippen LogP contribution in [0.4, 0.5) is 25.8 Å². The zero-order valence-corrected chi connectivity index (χ0v) is 12.1. The molecule has 23 heavy (non-hydrogen) atoms. The molecule has 0 aliphatic rings. The third-order valence-electron chi connectivity index (χ3n) is 3.07. The lowest BCUT2D eigenvalue weighted by Gasteiger charge is -2.10. The molecule has 1 amide bonds. The van der Waals surface area contributed by atoms with Gasteiger partial charge in [0.1, 0.15) is 5.82 Å². The van der Waals surface area contributed by atoms with Crippen molar-refractivity contribution in [1.82, 2.24) is 0 Å². The summed E-state index contributed by atoms with van der Waals surface area (Å²) in [5.74, 6) is -1.90. The number of hydrogen-bond donors (Lipinski definition) is 2. The van der Waals surface area contributed by atoms with Crippen LogP contribution < -0.4 is 10.6 Å². The average molecular weight is 321 g/mol. The van der Waals surface area contributed by atoms with Gasteiger partial charge in [0.15, 0.2) is 0 Å². The minimum Gasteiger partial charge on any atom is -0.376 e. The number of nitrogens with one attached hydrogen (secondary N) is 2. The minimum atomic E-state index is -0.958. The normalized spacial score (nSPS) is 10.2. The number of carbonyl (C=O) groups is 1. The molecule has 8 heteroatoms. The molecule has 0 fully saturated rings. The van der Waals surface area contributed by atoms with Crippen LogP contribution in [0.1, 0.15) is 5.56 Å². The molecule has 6 nitrogen and oxygen atoms in total. The predicted molar refractivity (Wildman–Crippen MR) is 81.3 cm³/mol. The third-order valence-corrected chi connectivity index (χ3v) is 3.07. The summed E-state index contributed by atoms with van der Waals surface area (Å²) in [6.07, 6.45) is 0. The standard InChI is InChI=1S/C15H13F2N3O3/c1-9-2-3-10(16)6-13(9)19-15(21)8-18-11-4-5-12(17)14(7-11)20(22)23/h2-7,18H,8H2,1H3,(H,19,21). The maximum Gasteiger partial charge on any atom is 0.306 e. The van der Waals surface area contributed by atoms with Crippen LogP contribution in [-0.2, 0) is 4.79 Å². The van der Waals surface area contributed by atoms with E-state index in [0.29, 0.717) is 11.3 Å². The van der Waals surface area contributed by atoms with Gasteiger partial charge in [-0.3, -0.25) is 14.9 Å². The predicted octanol–water partition coefficient (Wildman–Crippen LogP) is 3.23. The second-order valence-electron chi connectivity index (χ2n) is 4.78. The number of carbonyl (C=O) groups excluding carboxylic acids is 1. The Labute approximate surface area is 130 Å². The summed E-state index contributed by atoms with van der Waals surface area (Å²) >= 11 is 0. The fraction of sp³-hybridized carbons (Fsp3) is 0.133. The van der Waals surface area contributed by atoms with E-state index in [-0.39, 0.29) is 12.2 Å². The molecule has 2 aromatic carbocycles. The van der Waals surface area contributed by atoms with E-state index in [0.717, 1.165) is 12.1 Å². The molecule has 0 bridgehead atoms. The zero-order valence-electron chi connectivity index (χ0n) is 12.1. The van der Waals surface area contributed by atoms with E-state index in [2.05, 4.69) is 10.6 Å². The highest BCUT2D eigenvalue weighted by Gasteiger charge is 2.14. The molecule has 2 aromatic rings. The van der Waals surface area contributed by atoms with Crippen LogP contribution in [0.5, 0.6) is 0 Å². The van der Waals surface area contributed by atoms with E-state index in [4.69, 9.17) is 0 Å². The number of nitrogens with zero attached hydrogens (tertiary/aromatic N) is 1. The van der Waals surface area contributed by atoms with Gasteiger partial charge in [0.2, 0.25) is 11.7 Å². The van der Waals surface area contributed by atoms with Gasteiger partial charge < -0.3 is 10.6 Å². The molecule has 0 aliphatic heterocycles. The molecule has 120 valence electrons. The van der Waals surface area contributed by atoms with Gasteiger partial charge in [-0.25, -0.2) is 4.39 Å². The highest BCUT2D eigenvalue weighted by molar-refractivity contribution is 5.94. The first kappa shape index (κ1) is 16.3. The van der Waals surface area contributed by atoms with E-state index >= 15 is 0 Å². The second kappa shape index (κ2) is 6.82. The molecule has 0 heterocycles. The number of benzene rings is 2. The van der Waals surface area contributed by atoms with E-state index in [1.54, 1.807) is 6.92 Å². The van der Waals surface area contributed by atoms with Crippen molar-refractivity contribution in [2.45, 2.75) is 6.92 Å². The fourth-order valence-corrected chi connectivity index (χ4v) is 1.87. The number of nitro benzene ring substituents is 1. The van der Waals surface area contributed by atoms with Crippen molar-refractivity contribution in [1.29, 1.82) is 0 Å². The van der Waals surface area contributed by atoms with Crippen LogP contribution in [0.15, 0.2) is 36.4 Å². The van der Waals surface area contributed by atoms with Gasteiger partial charge in [-0.05, 0) is 36.8 Å². The number of halogens is 2. The van der Waals surface area contributed by atoms with Crippen molar-refractivity contribution in [3.8, 4) is 0 Å². The number of aryl methyl sites for hydroxylation is 1. The highest BCUT2D eigenvalue weighted by atomic mass is 19.1. The Morgan fingerprint density at radius 2 is 1.96 bits per heavy atom. The van der Waals surface area contributed by atoms with Gasteiger partial charge >= 0.3 is 5.69 Å². The summed E-state index contributed by atoms with van der Waals surface area (Å²) in [4.78, 5) is 21.6. The number of anilines is 2. The van der Waals surface area contributed by atoms with Crippen molar-refractivity contribution in [3.63, 3.8) is 0 Å². The van der Waals surface area contributed by atoms with E-state index in [9.17, 15) is 23.7 Å². The first-order valence-electron chi connectivity index (χ1n) is 6.60. The van der Waals surface area contributed by atoms with Crippen molar-refractivity contribution < 1.29 is 18.5 Å². The number of nitro groups is 1. The Balaban J connectivity index is 2.01. The fourth-order valence-electron chi connectivity index (χ4n) is 1.87. The Kier molecular flexibility index (Phi) is 4.85. The number of hydrogen-bond acceptors (Lipinski definition) is 4. The molecule has 2 rings (SSSR count). The maximum absolute atomic E-state index is 13.2. The van der Waals surface area contributed by atoms with E-state index < -0.39 is 28.2 Å². The molecule has 0 atom stereocenters. The topological polar surface area (TPSA) is 84.3 Å². The Morgan fingerprint density at radius 1 is 1.22 bits per heavy atom. The monoisotopic (exact) mass is 321 g/mol. The minimum absolute atomic E-state index is 0.210. The highest BCUT2D eigenvalue weighted by Crippen LogP contribution is 2.21. The summed E-state index contributed by atoms with van der Waals surface area (Å²) in [7, 11) is 0. The average Bonchev–Trinajstić information content (AvgIpc) is 2.50. The molecule has 0 aromatic heterocycles. The summed E-state index contributed by atoms with van der Waals surface area (Å²) in [6.45, 7) is 1.50. The molecule has 2 N–H and O–H groups in total. The van der Waals surface area contributed by atoms with E-state index in [1.165, 1.54) is 24.3 Å². The zero-order chi connectivity index (χ0) is 17.0. The lowest BCUT2D eigenvalue weighted by Crippen LogP contribution is -2.22. The van der Waals surface area contributed by atoms with Crippen molar-refractivity contribution >= 4 is 23.0 Å². The largest absolute Gasteiger partial charge is 0.376 e. The molecule has 0 spiro atoms. The summed E-state index contributed by atoms with van der Waals surface area (Å²) in [6, 6.07) is 7.22. The first-order valence-corrected chi connectivity index (χ1v) is 6.60.